The molecule has 18 heavy (non-hydrogen) atoms. The lowest BCUT2D eigenvalue weighted by atomic mass is 10.2. The Morgan fingerprint density at radius 3 is 2.72 bits per heavy atom. The second-order valence-corrected chi connectivity index (χ2v) is 3.88. The highest BCUT2D eigenvalue weighted by atomic mass is 16.4. The molecule has 1 amide bonds. The van der Waals surface area contributed by atoms with Crippen molar-refractivity contribution >= 4 is 11.6 Å². The van der Waals surface area contributed by atoms with Gasteiger partial charge in [-0.25, -0.2) is 4.98 Å². The summed E-state index contributed by atoms with van der Waals surface area (Å²) in [5.41, 5.74) is 6.75. The van der Waals surface area contributed by atoms with Crippen LogP contribution in [0, 0.1) is 0 Å². The molecule has 2 aromatic rings. The predicted octanol–water partition coefficient (Wildman–Crippen LogP) is 1.75. The first-order valence-corrected chi connectivity index (χ1v) is 5.76. The maximum absolute atomic E-state index is 11.8. The minimum Gasteiger partial charge on any atom is -0.444 e. The Hall–Kier alpha value is -2.30. The zero-order valence-electron chi connectivity index (χ0n) is 10.1. The molecule has 0 atom stereocenters. The zero-order chi connectivity index (χ0) is 13.0. The van der Waals surface area contributed by atoms with Gasteiger partial charge in [-0.15, -0.1) is 0 Å². The van der Waals surface area contributed by atoms with E-state index in [0.29, 0.717) is 17.1 Å². The number of carbonyl (C=O) groups excluding carboxylic acids is 1. The van der Waals surface area contributed by atoms with Crippen molar-refractivity contribution in [3.63, 3.8) is 0 Å². The van der Waals surface area contributed by atoms with Crippen molar-refractivity contribution in [2.45, 2.75) is 19.9 Å². The smallest absolute Gasteiger partial charge is 0.251 e. The molecule has 0 saturated carbocycles. The summed E-state index contributed by atoms with van der Waals surface area (Å²) >= 11 is 0. The summed E-state index contributed by atoms with van der Waals surface area (Å²) in [6.07, 6.45) is 2.46. The van der Waals surface area contributed by atoms with Crippen molar-refractivity contribution in [3.8, 4) is 0 Å². The molecule has 2 rings (SSSR count). The van der Waals surface area contributed by atoms with E-state index in [1.54, 1.807) is 30.5 Å². The van der Waals surface area contributed by atoms with Gasteiger partial charge in [0.1, 0.15) is 5.76 Å². The topological polar surface area (TPSA) is 81.2 Å². The number of carbonyl (C=O) groups is 1. The van der Waals surface area contributed by atoms with Gasteiger partial charge in [0.05, 0.1) is 12.7 Å². The van der Waals surface area contributed by atoms with Crippen LogP contribution in [0.15, 0.2) is 34.9 Å². The summed E-state index contributed by atoms with van der Waals surface area (Å²) in [5.74, 6) is 1.15. The lowest BCUT2D eigenvalue weighted by Crippen LogP contribution is -2.22. The van der Waals surface area contributed by atoms with E-state index in [4.69, 9.17) is 10.2 Å². The number of aromatic nitrogens is 1. The number of aryl methyl sites for hydroxylation is 1. The molecule has 0 aliphatic carbocycles. The number of hydrogen-bond acceptors (Lipinski definition) is 4. The largest absolute Gasteiger partial charge is 0.444 e. The number of oxazole rings is 1. The first-order valence-electron chi connectivity index (χ1n) is 5.76. The van der Waals surface area contributed by atoms with Crippen LogP contribution in [0.2, 0.25) is 0 Å². The van der Waals surface area contributed by atoms with Crippen LogP contribution in [0.25, 0.3) is 0 Å². The molecule has 5 nitrogen and oxygen atoms in total. The van der Waals surface area contributed by atoms with E-state index in [9.17, 15) is 4.79 Å². The molecule has 0 radical (unpaired) electrons. The summed E-state index contributed by atoms with van der Waals surface area (Å²) in [5, 5.41) is 2.74. The van der Waals surface area contributed by atoms with Gasteiger partial charge in [-0.2, -0.15) is 0 Å². The molecule has 0 fully saturated rings. The summed E-state index contributed by atoms with van der Waals surface area (Å²) < 4.78 is 5.39. The quantitative estimate of drug-likeness (QED) is 0.804. The third kappa shape index (κ3) is 2.88. The van der Waals surface area contributed by atoms with E-state index in [2.05, 4.69) is 10.3 Å². The van der Waals surface area contributed by atoms with Gasteiger partial charge >= 0.3 is 0 Å². The molecule has 3 N–H and O–H groups in total. The van der Waals surface area contributed by atoms with Crippen LogP contribution >= 0.6 is 0 Å². The molecular formula is C13H15N3O2. The van der Waals surface area contributed by atoms with E-state index in [1.807, 2.05) is 6.92 Å². The molecule has 5 heteroatoms. The molecule has 0 spiro atoms. The highest BCUT2D eigenvalue weighted by molar-refractivity contribution is 5.94. The van der Waals surface area contributed by atoms with Crippen LogP contribution in [0.4, 0.5) is 5.69 Å². The fraction of sp³-hybridized carbons (Fsp3) is 0.231. The Labute approximate surface area is 105 Å². The van der Waals surface area contributed by atoms with Crippen LogP contribution in [0.3, 0.4) is 0 Å². The van der Waals surface area contributed by atoms with Crippen LogP contribution in [-0.2, 0) is 13.0 Å². The zero-order valence-corrected chi connectivity index (χ0v) is 10.1. The van der Waals surface area contributed by atoms with Gasteiger partial charge in [-0.3, -0.25) is 4.79 Å². The van der Waals surface area contributed by atoms with Gasteiger partial charge in [0.2, 0.25) is 5.89 Å². The Bertz CT molecular complexity index is 531. The summed E-state index contributed by atoms with van der Waals surface area (Å²) in [6.45, 7) is 2.26. The van der Waals surface area contributed by atoms with Crippen LogP contribution in [0.1, 0.15) is 28.9 Å². The maximum Gasteiger partial charge on any atom is 0.251 e. The van der Waals surface area contributed by atoms with Crippen LogP contribution in [-0.4, -0.2) is 10.9 Å². The third-order valence-corrected chi connectivity index (χ3v) is 2.52. The lowest BCUT2D eigenvalue weighted by molar-refractivity contribution is 0.0947. The standard InChI is InChI=1S/C13H15N3O2/c1-2-11-7-15-12(18-11)8-16-13(17)9-3-5-10(14)6-4-9/h3-7H,2,8,14H2,1H3,(H,16,17). The SMILES string of the molecule is CCc1cnc(CNC(=O)c2ccc(N)cc2)o1. The Balaban J connectivity index is 1.93. The first-order chi connectivity index (χ1) is 8.69. The van der Waals surface area contributed by atoms with Gasteiger partial charge in [0.15, 0.2) is 0 Å². The highest BCUT2D eigenvalue weighted by Crippen LogP contribution is 2.07. The fourth-order valence-corrected chi connectivity index (χ4v) is 1.49. The number of amides is 1. The van der Waals surface area contributed by atoms with Gasteiger partial charge in [0, 0.05) is 17.7 Å². The minimum atomic E-state index is -0.175. The molecule has 0 unspecified atom stereocenters. The number of hydrogen-bond donors (Lipinski definition) is 2. The van der Waals surface area contributed by atoms with Gasteiger partial charge in [-0.05, 0) is 24.3 Å². The minimum absolute atomic E-state index is 0.175. The van der Waals surface area contributed by atoms with Crippen molar-refractivity contribution in [1.29, 1.82) is 0 Å². The molecule has 0 saturated heterocycles. The van der Waals surface area contributed by atoms with Crippen molar-refractivity contribution in [3.05, 3.63) is 47.7 Å². The summed E-state index contributed by atoms with van der Waals surface area (Å²) in [7, 11) is 0. The molecule has 1 aromatic carbocycles. The number of nitrogens with zero attached hydrogens (tertiary/aromatic N) is 1. The van der Waals surface area contributed by atoms with E-state index < -0.39 is 0 Å². The average molecular weight is 245 g/mol. The second-order valence-electron chi connectivity index (χ2n) is 3.88. The third-order valence-electron chi connectivity index (χ3n) is 2.52. The van der Waals surface area contributed by atoms with Crippen molar-refractivity contribution in [2.75, 3.05) is 5.73 Å². The number of nitrogens with one attached hydrogen (secondary N) is 1. The van der Waals surface area contributed by atoms with Crippen LogP contribution in [0.5, 0.6) is 0 Å². The monoisotopic (exact) mass is 245 g/mol. The number of rotatable bonds is 4. The van der Waals surface area contributed by atoms with E-state index in [1.165, 1.54) is 0 Å². The van der Waals surface area contributed by atoms with E-state index >= 15 is 0 Å². The predicted molar refractivity (Wildman–Crippen MR) is 67.9 cm³/mol. The van der Waals surface area contributed by atoms with E-state index in [-0.39, 0.29) is 12.5 Å². The molecule has 94 valence electrons. The number of nitrogens with two attached hydrogens (primary N) is 1. The fourth-order valence-electron chi connectivity index (χ4n) is 1.49. The van der Waals surface area contributed by atoms with Gasteiger partial charge in [0.25, 0.3) is 5.91 Å². The molecule has 0 aliphatic rings. The van der Waals surface area contributed by atoms with Gasteiger partial charge in [-0.1, -0.05) is 6.92 Å². The molecular weight excluding hydrogens is 230 g/mol. The van der Waals surface area contributed by atoms with Crippen molar-refractivity contribution < 1.29 is 9.21 Å². The lowest BCUT2D eigenvalue weighted by Gasteiger charge is -2.03. The number of benzene rings is 1. The van der Waals surface area contributed by atoms with Crippen molar-refractivity contribution in [1.82, 2.24) is 10.3 Å². The average Bonchev–Trinajstić information content (AvgIpc) is 2.85. The molecule has 0 bridgehead atoms. The normalized spacial score (nSPS) is 10.3. The molecule has 1 aromatic heterocycles. The van der Waals surface area contributed by atoms with Crippen LogP contribution < -0.4 is 11.1 Å². The summed E-state index contributed by atoms with van der Waals surface area (Å²) in [6, 6.07) is 6.74. The van der Waals surface area contributed by atoms with Crippen molar-refractivity contribution in [2.24, 2.45) is 0 Å². The first kappa shape index (κ1) is 12.2. The number of nitrogen functional groups attached to an aromatic ring is 1. The highest BCUT2D eigenvalue weighted by Gasteiger charge is 2.07. The molecule has 1 heterocycles. The molecule has 0 aliphatic heterocycles. The van der Waals surface area contributed by atoms with E-state index in [0.717, 1.165) is 12.2 Å². The number of anilines is 1. The summed E-state index contributed by atoms with van der Waals surface area (Å²) in [4.78, 5) is 15.8. The second kappa shape index (κ2) is 5.35. The van der Waals surface area contributed by atoms with Gasteiger partial charge < -0.3 is 15.5 Å². The Kier molecular flexibility index (Phi) is 3.62. The maximum atomic E-state index is 11.8. The Morgan fingerprint density at radius 1 is 1.39 bits per heavy atom. The Morgan fingerprint density at radius 2 is 2.11 bits per heavy atom.